The number of hydrogen-bond acceptors (Lipinski definition) is 5. The van der Waals surface area contributed by atoms with E-state index >= 15 is 0 Å². The van der Waals surface area contributed by atoms with E-state index in [0.29, 0.717) is 5.56 Å². The fourth-order valence-corrected chi connectivity index (χ4v) is 6.08. The lowest BCUT2D eigenvalue weighted by atomic mass is 9.94. The average molecular weight is 591 g/mol. The van der Waals surface area contributed by atoms with Crippen molar-refractivity contribution in [2.75, 3.05) is 26.7 Å². The van der Waals surface area contributed by atoms with Crippen LogP contribution in [0.25, 0.3) is 11.1 Å². The molecule has 0 saturated heterocycles. The monoisotopic (exact) mass is 590 g/mol. The molecule has 7 nitrogen and oxygen atoms in total. The molecule has 1 amide bonds. The number of likely N-dealkylation sites (N-methyl/N-ethyl adjacent to an activating group) is 1. The van der Waals surface area contributed by atoms with Crippen molar-refractivity contribution in [3.8, 4) is 11.1 Å². The predicted molar refractivity (Wildman–Crippen MR) is 148 cm³/mol. The third kappa shape index (κ3) is 6.64. The summed E-state index contributed by atoms with van der Waals surface area (Å²) >= 11 is 0. The van der Waals surface area contributed by atoms with Gasteiger partial charge in [-0.3, -0.25) is 4.79 Å². The molecule has 3 aromatic rings. The number of benzene rings is 3. The Hall–Kier alpha value is -3.25. The van der Waals surface area contributed by atoms with Crippen molar-refractivity contribution in [3.63, 3.8) is 0 Å². The van der Waals surface area contributed by atoms with Crippen LogP contribution >= 0.6 is 0 Å². The van der Waals surface area contributed by atoms with E-state index < -0.39 is 33.9 Å². The van der Waals surface area contributed by atoms with Crippen LogP contribution in [0.4, 0.5) is 13.2 Å². The molecule has 11 heteroatoms. The van der Waals surface area contributed by atoms with Gasteiger partial charge in [0.2, 0.25) is 10.0 Å². The van der Waals surface area contributed by atoms with Crippen molar-refractivity contribution >= 4 is 15.9 Å². The molecule has 0 aromatic heterocycles. The normalized spacial score (nSPS) is 19.3. The van der Waals surface area contributed by atoms with Gasteiger partial charge in [0.15, 0.2) is 0 Å². The second-order valence-electron chi connectivity index (χ2n) is 10.3. The Bertz CT molecular complexity index is 1480. The lowest BCUT2D eigenvalue weighted by Crippen LogP contribution is -2.47. The molecule has 0 fully saturated rings. The first-order valence-corrected chi connectivity index (χ1v) is 14.6. The quantitative estimate of drug-likeness (QED) is 0.434. The van der Waals surface area contributed by atoms with E-state index in [9.17, 15) is 31.5 Å². The maximum atomic E-state index is 13.9. The number of hydrogen-bond donors (Lipinski definition) is 1. The highest BCUT2D eigenvalue weighted by Gasteiger charge is 2.34. The number of ether oxygens (including phenoxy) is 1. The molecule has 1 aliphatic rings. The first kappa shape index (κ1) is 30.7. The van der Waals surface area contributed by atoms with Crippen LogP contribution in [-0.2, 0) is 27.5 Å². The zero-order valence-electron chi connectivity index (χ0n) is 23.0. The van der Waals surface area contributed by atoms with E-state index in [-0.39, 0.29) is 43.0 Å². The zero-order valence-corrected chi connectivity index (χ0v) is 23.8. The number of halogens is 3. The molecule has 0 saturated carbocycles. The van der Waals surface area contributed by atoms with Gasteiger partial charge in [-0.25, -0.2) is 8.42 Å². The fraction of sp³-hybridized carbons (Fsp3) is 0.367. The number of amides is 1. The van der Waals surface area contributed by atoms with Gasteiger partial charge in [-0.15, -0.1) is 0 Å². The summed E-state index contributed by atoms with van der Waals surface area (Å²) in [5.74, 6) is -0.647. The number of rotatable bonds is 6. The van der Waals surface area contributed by atoms with Crippen molar-refractivity contribution in [1.82, 2.24) is 9.21 Å². The molecule has 0 aliphatic carbocycles. The third-order valence-electron chi connectivity index (χ3n) is 7.42. The molecule has 1 heterocycles. The highest BCUT2D eigenvalue weighted by Crippen LogP contribution is 2.32. The van der Waals surface area contributed by atoms with E-state index in [4.69, 9.17) is 4.74 Å². The molecule has 41 heavy (non-hydrogen) atoms. The van der Waals surface area contributed by atoms with Gasteiger partial charge in [0.05, 0.1) is 35.8 Å². The van der Waals surface area contributed by atoms with Gasteiger partial charge in [-0.05, 0) is 53.9 Å². The Labute approximate surface area is 238 Å². The number of fused-ring (bicyclic) bond motifs is 3. The first-order valence-electron chi connectivity index (χ1n) is 13.2. The molecule has 3 aromatic carbocycles. The molecular formula is C30H33F3N2O5S. The van der Waals surface area contributed by atoms with Crippen molar-refractivity contribution in [3.05, 3.63) is 89.5 Å². The molecule has 1 N–H and O–H groups in total. The number of sulfonamides is 1. The summed E-state index contributed by atoms with van der Waals surface area (Å²) in [4.78, 5) is 15.2. The average Bonchev–Trinajstić information content (AvgIpc) is 2.97. The number of alkyl halides is 3. The molecule has 0 spiro atoms. The Morgan fingerprint density at radius 3 is 2.20 bits per heavy atom. The molecular weight excluding hydrogens is 557 g/mol. The van der Waals surface area contributed by atoms with Crippen molar-refractivity contribution in [2.45, 2.75) is 43.7 Å². The smallest absolute Gasteiger partial charge is 0.394 e. The van der Waals surface area contributed by atoms with E-state index in [2.05, 4.69) is 0 Å². The maximum Gasteiger partial charge on any atom is 0.416 e. The second kappa shape index (κ2) is 12.3. The second-order valence-corrected chi connectivity index (χ2v) is 12.4. The van der Waals surface area contributed by atoms with Crippen LogP contribution in [-0.4, -0.2) is 67.5 Å². The summed E-state index contributed by atoms with van der Waals surface area (Å²) in [5.41, 5.74) is 1.86. The van der Waals surface area contributed by atoms with Crippen LogP contribution < -0.4 is 0 Å². The number of nitrogens with zero attached hydrogens (tertiary/aromatic N) is 2. The molecule has 3 atom stereocenters. The van der Waals surface area contributed by atoms with E-state index in [1.807, 2.05) is 43.3 Å². The Morgan fingerprint density at radius 1 is 1.00 bits per heavy atom. The Morgan fingerprint density at radius 2 is 1.59 bits per heavy atom. The zero-order chi connectivity index (χ0) is 29.9. The summed E-state index contributed by atoms with van der Waals surface area (Å²) in [7, 11) is -2.81. The van der Waals surface area contributed by atoms with Gasteiger partial charge in [0.1, 0.15) is 0 Å². The van der Waals surface area contributed by atoms with Crippen LogP contribution in [0.5, 0.6) is 0 Å². The van der Waals surface area contributed by atoms with Gasteiger partial charge in [-0.1, -0.05) is 49.4 Å². The van der Waals surface area contributed by atoms with Crippen LogP contribution in [0.3, 0.4) is 0 Å². The van der Waals surface area contributed by atoms with Crippen molar-refractivity contribution in [1.29, 1.82) is 0 Å². The van der Waals surface area contributed by atoms with Crippen LogP contribution in [0, 0.1) is 5.92 Å². The molecule has 1 aliphatic heterocycles. The van der Waals surface area contributed by atoms with Crippen molar-refractivity contribution in [2.24, 2.45) is 5.92 Å². The topological polar surface area (TPSA) is 87.2 Å². The van der Waals surface area contributed by atoms with E-state index in [1.165, 1.54) is 7.05 Å². The largest absolute Gasteiger partial charge is 0.416 e. The van der Waals surface area contributed by atoms with Crippen LogP contribution in [0.1, 0.15) is 35.3 Å². The lowest BCUT2D eigenvalue weighted by molar-refractivity contribution is -0.137. The minimum atomic E-state index is -4.59. The summed E-state index contributed by atoms with van der Waals surface area (Å²) in [6.45, 7) is 3.49. The number of carbonyl (C=O) groups excluding carboxylic acids is 1. The minimum absolute atomic E-state index is 0.116. The predicted octanol–water partition coefficient (Wildman–Crippen LogP) is 5.05. The van der Waals surface area contributed by atoms with Gasteiger partial charge in [0, 0.05) is 31.6 Å². The van der Waals surface area contributed by atoms with Crippen LogP contribution in [0.2, 0.25) is 0 Å². The highest BCUT2D eigenvalue weighted by molar-refractivity contribution is 7.89. The summed E-state index contributed by atoms with van der Waals surface area (Å²) < 4.78 is 73.0. The Balaban J connectivity index is 1.69. The molecule has 0 unspecified atom stereocenters. The number of carbonyl (C=O) groups is 1. The molecule has 0 bridgehead atoms. The van der Waals surface area contributed by atoms with Crippen molar-refractivity contribution < 1.29 is 36.2 Å². The first-order chi connectivity index (χ1) is 19.3. The van der Waals surface area contributed by atoms with Gasteiger partial charge in [0.25, 0.3) is 5.91 Å². The maximum absolute atomic E-state index is 13.9. The third-order valence-corrected chi connectivity index (χ3v) is 9.26. The fourth-order valence-electron chi connectivity index (χ4n) is 4.90. The van der Waals surface area contributed by atoms with Crippen LogP contribution in [0.15, 0.2) is 77.7 Å². The summed E-state index contributed by atoms with van der Waals surface area (Å²) in [6, 6.07) is 17.5. The summed E-state index contributed by atoms with van der Waals surface area (Å²) in [5, 5.41) is 9.97. The lowest BCUT2D eigenvalue weighted by Gasteiger charge is -2.35. The number of aliphatic hydroxyl groups is 1. The highest BCUT2D eigenvalue weighted by atomic mass is 32.2. The standard InChI is InChI=1S/C30H33F3N2O5S/c1-20-16-35(21(2)18-36)29(37)27-11-7-6-10-26(27)25-9-5-4-8-22(25)19-40-28(20)17-34(3)41(38,39)24-14-12-23(13-15-24)30(31,32)33/h4-15,20-21,28,36H,16-19H2,1-3H3/t20-,21-,28+/m0/s1. The van der Waals surface area contributed by atoms with Gasteiger partial charge < -0.3 is 14.7 Å². The SMILES string of the molecule is C[C@H]1CN([C@@H](C)CO)C(=O)c2ccccc2-c2ccccc2CO[C@@H]1CN(C)S(=O)(=O)c1ccc(C(F)(F)F)cc1. The van der Waals surface area contributed by atoms with E-state index in [0.717, 1.165) is 45.3 Å². The van der Waals surface area contributed by atoms with E-state index in [1.54, 1.807) is 24.0 Å². The van der Waals surface area contributed by atoms with Gasteiger partial charge in [-0.2, -0.15) is 17.5 Å². The molecule has 4 rings (SSSR count). The number of aliphatic hydroxyl groups excluding tert-OH is 1. The Kier molecular flexibility index (Phi) is 9.22. The molecule has 220 valence electrons. The summed E-state index contributed by atoms with van der Waals surface area (Å²) in [6.07, 6.45) is -5.28. The minimum Gasteiger partial charge on any atom is -0.394 e. The molecule has 0 radical (unpaired) electrons. The van der Waals surface area contributed by atoms with Gasteiger partial charge >= 0.3 is 6.18 Å².